The molecule has 1 heterocycles. The van der Waals surface area contributed by atoms with Gasteiger partial charge in [-0.2, -0.15) is 0 Å². The summed E-state index contributed by atoms with van der Waals surface area (Å²) >= 11 is 0. The Hall–Kier alpha value is -0.900. The van der Waals surface area contributed by atoms with Gasteiger partial charge in [0, 0.05) is 32.0 Å². The van der Waals surface area contributed by atoms with Crippen molar-refractivity contribution >= 4 is 11.7 Å². The Morgan fingerprint density at radius 1 is 1.19 bits per heavy atom. The minimum atomic E-state index is 0.0486. The van der Waals surface area contributed by atoms with Crippen LogP contribution >= 0.6 is 0 Å². The van der Waals surface area contributed by atoms with E-state index in [4.69, 9.17) is 0 Å². The molecule has 0 aromatic heterocycles. The Bertz CT molecular complexity index is 279. The molecule has 2 fully saturated rings. The van der Waals surface area contributed by atoms with Gasteiger partial charge in [-0.3, -0.25) is 14.5 Å². The second-order valence-electron chi connectivity index (χ2n) is 4.99. The molecule has 0 spiro atoms. The third-order valence-corrected chi connectivity index (χ3v) is 3.41. The van der Waals surface area contributed by atoms with E-state index in [9.17, 15) is 9.59 Å². The molecule has 0 radical (unpaired) electrons. The zero-order chi connectivity index (χ0) is 11.5. The highest BCUT2D eigenvalue weighted by atomic mass is 16.1. The number of Topliss-reactive ketones (excluding diaryl/α,β-unsaturated/α-hetero) is 1. The monoisotopic (exact) mass is 224 g/mol. The van der Waals surface area contributed by atoms with Crippen molar-refractivity contribution in [2.24, 2.45) is 5.92 Å². The lowest BCUT2D eigenvalue weighted by Crippen LogP contribution is -2.45. The lowest BCUT2D eigenvalue weighted by atomic mass is 10.0. The molecule has 0 atom stereocenters. The van der Waals surface area contributed by atoms with E-state index < -0.39 is 0 Å². The van der Waals surface area contributed by atoms with Gasteiger partial charge in [0.1, 0.15) is 5.78 Å². The molecule has 0 bridgehead atoms. The summed E-state index contributed by atoms with van der Waals surface area (Å²) in [5.41, 5.74) is 0. The predicted molar refractivity (Wildman–Crippen MR) is 61.0 cm³/mol. The largest absolute Gasteiger partial charge is 0.354 e. The van der Waals surface area contributed by atoms with E-state index in [0.29, 0.717) is 24.3 Å². The third-order valence-electron chi connectivity index (χ3n) is 3.41. The fourth-order valence-corrected chi connectivity index (χ4v) is 2.28. The van der Waals surface area contributed by atoms with E-state index in [1.165, 1.54) is 0 Å². The van der Waals surface area contributed by atoms with Crippen LogP contribution in [0.4, 0.5) is 0 Å². The van der Waals surface area contributed by atoms with E-state index in [2.05, 4.69) is 10.2 Å². The molecule has 1 aliphatic heterocycles. The lowest BCUT2D eigenvalue weighted by molar-refractivity contribution is -0.122. The summed E-state index contributed by atoms with van der Waals surface area (Å²) < 4.78 is 0. The van der Waals surface area contributed by atoms with Crippen molar-refractivity contribution < 1.29 is 9.59 Å². The van der Waals surface area contributed by atoms with Crippen molar-refractivity contribution in [2.45, 2.75) is 38.6 Å². The maximum atomic E-state index is 11.6. The number of nitrogens with one attached hydrogen (secondary N) is 1. The van der Waals surface area contributed by atoms with Crippen LogP contribution in [0.2, 0.25) is 0 Å². The van der Waals surface area contributed by atoms with Crippen molar-refractivity contribution in [3.05, 3.63) is 0 Å². The van der Waals surface area contributed by atoms with Gasteiger partial charge in [0.2, 0.25) is 5.91 Å². The van der Waals surface area contributed by atoms with Crippen LogP contribution in [0.5, 0.6) is 0 Å². The second kappa shape index (κ2) is 4.95. The minimum absolute atomic E-state index is 0.0486. The van der Waals surface area contributed by atoms with E-state index >= 15 is 0 Å². The first-order valence-corrected chi connectivity index (χ1v) is 6.17. The lowest BCUT2D eigenvalue weighted by Gasteiger charge is -2.31. The summed E-state index contributed by atoms with van der Waals surface area (Å²) in [4.78, 5) is 24.7. The third kappa shape index (κ3) is 3.30. The molecule has 90 valence electrons. The number of rotatable bonds is 4. The van der Waals surface area contributed by atoms with Crippen molar-refractivity contribution in [1.29, 1.82) is 0 Å². The van der Waals surface area contributed by atoms with E-state index in [1.807, 2.05) is 0 Å². The topological polar surface area (TPSA) is 49.4 Å². The average molecular weight is 224 g/mol. The normalized spacial score (nSPS) is 23.1. The Kier molecular flexibility index (Phi) is 3.59. The molecule has 0 unspecified atom stereocenters. The smallest absolute Gasteiger partial charge is 0.217 e. The molecule has 4 heteroatoms. The molecule has 2 aliphatic rings. The van der Waals surface area contributed by atoms with Crippen LogP contribution < -0.4 is 5.32 Å². The van der Waals surface area contributed by atoms with Gasteiger partial charge in [0.15, 0.2) is 0 Å². The first kappa shape index (κ1) is 11.6. The quantitative estimate of drug-likeness (QED) is 0.759. The van der Waals surface area contributed by atoms with Crippen LogP contribution in [0.3, 0.4) is 0 Å². The molecule has 1 saturated heterocycles. The maximum Gasteiger partial charge on any atom is 0.217 e. The van der Waals surface area contributed by atoms with E-state index in [1.54, 1.807) is 6.92 Å². The van der Waals surface area contributed by atoms with Gasteiger partial charge in [-0.25, -0.2) is 0 Å². The van der Waals surface area contributed by atoms with Gasteiger partial charge in [0.25, 0.3) is 0 Å². The molecule has 1 amide bonds. The molecule has 16 heavy (non-hydrogen) atoms. The Morgan fingerprint density at radius 2 is 1.81 bits per heavy atom. The fourth-order valence-electron chi connectivity index (χ4n) is 2.28. The van der Waals surface area contributed by atoms with Crippen LogP contribution in [-0.4, -0.2) is 42.3 Å². The van der Waals surface area contributed by atoms with Crippen LogP contribution in [-0.2, 0) is 9.59 Å². The van der Waals surface area contributed by atoms with Crippen LogP contribution in [0.1, 0.15) is 32.6 Å². The summed E-state index contributed by atoms with van der Waals surface area (Å²) in [6.07, 6.45) is 4.14. The highest BCUT2D eigenvalue weighted by molar-refractivity contribution is 5.85. The average Bonchev–Trinajstić information content (AvgIpc) is 3.03. The summed E-state index contributed by atoms with van der Waals surface area (Å²) in [6, 6.07) is 0.310. The molecular weight excluding hydrogens is 204 g/mol. The molecule has 2 rings (SSSR count). The molecule has 1 aliphatic carbocycles. The molecule has 0 aromatic carbocycles. The SMILES string of the molecule is CC(=O)NC1CCN(CC(=O)C2CC2)CC1. The standard InChI is InChI=1S/C12H20N2O2/c1-9(15)13-11-4-6-14(7-5-11)8-12(16)10-2-3-10/h10-11H,2-8H2,1H3,(H,13,15). The fraction of sp³-hybridized carbons (Fsp3) is 0.833. The summed E-state index contributed by atoms with van der Waals surface area (Å²) in [6.45, 7) is 4.05. The van der Waals surface area contributed by atoms with Crippen molar-refractivity contribution in [1.82, 2.24) is 10.2 Å². The van der Waals surface area contributed by atoms with Crippen molar-refractivity contribution in [3.8, 4) is 0 Å². The van der Waals surface area contributed by atoms with Gasteiger partial charge < -0.3 is 5.32 Å². The van der Waals surface area contributed by atoms with Gasteiger partial charge in [-0.05, 0) is 25.7 Å². The number of carbonyl (C=O) groups is 2. The maximum absolute atomic E-state index is 11.6. The Morgan fingerprint density at radius 3 is 2.31 bits per heavy atom. The minimum Gasteiger partial charge on any atom is -0.354 e. The molecule has 1 N–H and O–H groups in total. The zero-order valence-corrected chi connectivity index (χ0v) is 9.87. The highest BCUT2D eigenvalue weighted by Crippen LogP contribution is 2.30. The highest BCUT2D eigenvalue weighted by Gasteiger charge is 2.31. The van der Waals surface area contributed by atoms with Crippen LogP contribution in [0.15, 0.2) is 0 Å². The number of nitrogens with zero attached hydrogens (tertiary/aromatic N) is 1. The number of piperidine rings is 1. The molecule has 0 aromatic rings. The summed E-state index contributed by atoms with van der Waals surface area (Å²) in [7, 11) is 0. The summed E-state index contributed by atoms with van der Waals surface area (Å²) in [5.74, 6) is 0.832. The first-order chi connectivity index (χ1) is 7.65. The second-order valence-corrected chi connectivity index (χ2v) is 4.99. The van der Waals surface area contributed by atoms with E-state index in [0.717, 1.165) is 38.8 Å². The number of hydrogen-bond donors (Lipinski definition) is 1. The Balaban J connectivity index is 1.68. The number of amides is 1. The van der Waals surface area contributed by atoms with Gasteiger partial charge in [-0.1, -0.05) is 0 Å². The van der Waals surface area contributed by atoms with Gasteiger partial charge in [0.05, 0.1) is 6.54 Å². The predicted octanol–water partition coefficient (Wildman–Crippen LogP) is 0.566. The number of likely N-dealkylation sites (tertiary alicyclic amines) is 1. The van der Waals surface area contributed by atoms with Crippen molar-refractivity contribution in [2.75, 3.05) is 19.6 Å². The zero-order valence-electron chi connectivity index (χ0n) is 9.87. The number of hydrogen-bond acceptors (Lipinski definition) is 3. The number of ketones is 1. The summed E-state index contributed by atoms with van der Waals surface area (Å²) in [5, 5.41) is 2.94. The van der Waals surface area contributed by atoms with E-state index in [-0.39, 0.29) is 5.91 Å². The molecular formula is C12H20N2O2. The van der Waals surface area contributed by atoms with Gasteiger partial charge >= 0.3 is 0 Å². The van der Waals surface area contributed by atoms with Crippen LogP contribution in [0, 0.1) is 5.92 Å². The Labute approximate surface area is 96.4 Å². The van der Waals surface area contributed by atoms with Crippen LogP contribution in [0.25, 0.3) is 0 Å². The number of carbonyl (C=O) groups excluding carboxylic acids is 2. The first-order valence-electron chi connectivity index (χ1n) is 6.17. The van der Waals surface area contributed by atoms with Gasteiger partial charge in [-0.15, -0.1) is 0 Å². The molecule has 1 saturated carbocycles. The molecule has 4 nitrogen and oxygen atoms in total. The van der Waals surface area contributed by atoms with Crippen molar-refractivity contribution in [3.63, 3.8) is 0 Å².